The van der Waals surface area contributed by atoms with Crippen molar-refractivity contribution in [1.82, 2.24) is 4.90 Å². The molecule has 1 amide bonds. The Hall–Kier alpha value is -0.570. The molecule has 0 aliphatic carbocycles. The lowest BCUT2D eigenvalue weighted by molar-refractivity contribution is -0.133. The monoisotopic (exact) mass is 143 g/mol. The van der Waals surface area contributed by atoms with E-state index in [0.29, 0.717) is 6.61 Å². The maximum absolute atomic E-state index is 10.9. The molecule has 0 aromatic heterocycles. The minimum Gasteiger partial charge on any atom is -0.356 e. The first kappa shape index (κ1) is 7.54. The molecule has 0 N–H and O–H groups in total. The number of nitrogens with zero attached hydrogens (tertiary/aromatic N) is 1. The first-order valence-corrected chi connectivity index (χ1v) is 3.64. The molecule has 58 valence electrons. The van der Waals surface area contributed by atoms with Crippen molar-refractivity contribution in [2.45, 2.75) is 26.5 Å². The Bertz CT molecular complexity index is 136. The van der Waals surface area contributed by atoms with Crippen molar-refractivity contribution in [3.8, 4) is 0 Å². The van der Waals surface area contributed by atoms with E-state index in [1.807, 2.05) is 6.92 Å². The third-order valence-electron chi connectivity index (χ3n) is 1.74. The van der Waals surface area contributed by atoms with Gasteiger partial charge in [0.05, 0.1) is 6.61 Å². The van der Waals surface area contributed by atoms with Gasteiger partial charge in [-0.25, -0.2) is 0 Å². The highest BCUT2D eigenvalue weighted by atomic mass is 16.5. The van der Waals surface area contributed by atoms with Crippen LogP contribution in [0.5, 0.6) is 0 Å². The van der Waals surface area contributed by atoms with Crippen LogP contribution in [-0.4, -0.2) is 30.2 Å². The highest BCUT2D eigenvalue weighted by molar-refractivity contribution is 5.73. The molecule has 1 aliphatic heterocycles. The highest BCUT2D eigenvalue weighted by Gasteiger charge is 2.24. The number of carbonyl (C=O) groups is 1. The van der Waals surface area contributed by atoms with Crippen LogP contribution < -0.4 is 0 Å². The number of rotatable bonds is 1. The van der Waals surface area contributed by atoms with Gasteiger partial charge in [-0.15, -0.1) is 0 Å². The van der Waals surface area contributed by atoms with Crippen LogP contribution in [0.3, 0.4) is 0 Å². The van der Waals surface area contributed by atoms with E-state index in [9.17, 15) is 4.79 Å². The van der Waals surface area contributed by atoms with Gasteiger partial charge in [-0.2, -0.15) is 0 Å². The maximum Gasteiger partial charge on any atom is 0.221 e. The number of ether oxygens (including phenoxy) is 1. The van der Waals surface area contributed by atoms with Gasteiger partial charge in [0, 0.05) is 13.5 Å². The fourth-order valence-corrected chi connectivity index (χ4v) is 1.22. The van der Waals surface area contributed by atoms with E-state index < -0.39 is 0 Å². The lowest BCUT2D eigenvalue weighted by atomic mass is 10.4. The Morgan fingerprint density at radius 1 is 1.80 bits per heavy atom. The van der Waals surface area contributed by atoms with Gasteiger partial charge in [-0.1, -0.05) is 6.92 Å². The van der Waals surface area contributed by atoms with Gasteiger partial charge in [-0.05, 0) is 6.42 Å². The van der Waals surface area contributed by atoms with E-state index in [0.717, 1.165) is 13.0 Å². The lowest BCUT2D eigenvalue weighted by Gasteiger charge is -2.19. The zero-order valence-corrected chi connectivity index (χ0v) is 6.46. The molecule has 3 heteroatoms. The summed E-state index contributed by atoms with van der Waals surface area (Å²) in [5, 5.41) is 0. The summed E-state index contributed by atoms with van der Waals surface area (Å²) >= 11 is 0. The van der Waals surface area contributed by atoms with Crippen LogP contribution in [0.4, 0.5) is 0 Å². The molecule has 1 fully saturated rings. The molecule has 0 radical (unpaired) electrons. The van der Waals surface area contributed by atoms with Crippen molar-refractivity contribution < 1.29 is 9.53 Å². The molecule has 1 atom stereocenters. The quantitative estimate of drug-likeness (QED) is 0.538. The summed E-state index contributed by atoms with van der Waals surface area (Å²) < 4.78 is 5.28. The van der Waals surface area contributed by atoms with Crippen LogP contribution in [0.1, 0.15) is 20.3 Å². The van der Waals surface area contributed by atoms with Crippen LogP contribution in [0.2, 0.25) is 0 Å². The summed E-state index contributed by atoms with van der Waals surface area (Å²) in [4.78, 5) is 12.6. The molecule has 0 saturated carbocycles. The molecular weight excluding hydrogens is 130 g/mol. The van der Waals surface area contributed by atoms with Gasteiger partial charge < -0.3 is 9.64 Å². The van der Waals surface area contributed by atoms with Crippen LogP contribution in [-0.2, 0) is 9.53 Å². The van der Waals surface area contributed by atoms with Gasteiger partial charge in [0.2, 0.25) is 5.91 Å². The fourth-order valence-electron chi connectivity index (χ4n) is 1.22. The third-order valence-corrected chi connectivity index (χ3v) is 1.74. The number of amides is 1. The summed E-state index contributed by atoms with van der Waals surface area (Å²) in [7, 11) is 0. The predicted molar refractivity (Wildman–Crippen MR) is 37.4 cm³/mol. The predicted octanol–water partition coefficient (Wildman–Crippen LogP) is 0.601. The van der Waals surface area contributed by atoms with Gasteiger partial charge in [0.25, 0.3) is 0 Å². The highest BCUT2D eigenvalue weighted by Crippen LogP contribution is 2.12. The van der Waals surface area contributed by atoms with E-state index in [1.54, 1.807) is 11.8 Å². The Morgan fingerprint density at radius 3 is 2.90 bits per heavy atom. The summed E-state index contributed by atoms with van der Waals surface area (Å²) in [5.41, 5.74) is 0. The average molecular weight is 143 g/mol. The zero-order chi connectivity index (χ0) is 7.56. The summed E-state index contributed by atoms with van der Waals surface area (Å²) in [5.74, 6) is 0.115. The Morgan fingerprint density at radius 2 is 2.50 bits per heavy atom. The minimum absolute atomic E-state index is 0.0394. The van der Waals surface area contributed by atoms with Crippen molar-refractivity contribution in [3.05, 3.63) is 0 Å². The Kier molecular flexibility index (Phi) is 2.27. The molecule has 1 aliphatic rings. The fraction of sp³-hybridized carbons (Fsp3) is 0.857. The van der Waals surface area contributed by atoms with Crippen molar-refractivity contribution in [3.63, 3.8) is 0 Å². The molecule has 1 unspecified atom stereocenters. The second-order valence-electron chi connectivity index (χ2n) is 2.45. The molecule has 1 saturated heterocycles. The van der Waals surface area contributed by atoms with E-state index >= 15 is 0 Å². The second kappa shape index (κ2) is 3.01. The van der Waals surface area contributed by atoms with Crippen molar-refractivity contribution in [2.24, 2.45) is 0 Å². The molecule has 10 heavy (non-hydrogen) atoms. The van der Waals surface area contributed by atoms with E-state index in [1.165, 1.54) is 0 Å². The van der Waals surface area contributed by atoms with E-state index in [2.05, 4.69) is 0 Å². The standard InChI is InChI=1S/C7H13NO2/c1-3-7-8(6(2)9)4-5-10-7/h7H,3-5H2,1-2H3. The van der Waals surface area contributed by atoms with Gasteiger partial charge in [0.15, 0.2) is 0 Å². The molecule has 0 aromatic carbocycles. The number of hydrogen-bond donors (Lipinski definition) is 0. The van der Waals surface area contributed by atoms with Crippen molar-refractivity contribution in [1.29, 1.82) is 0 Å². The van der Waals surface area contributed by atoms with Crippen LogP contribution in [0, 0.1) is 0 Å². The first-order chi connectivity index (χ1) is 4.75. The molecule has 0 bridgehead atoms. The summed E-state index contributed by atoms with van der Waals surface area (Å²) in [6.45, 7) is 5.05. The third kappa shape index (κ3) is 1.29. The van der Waals surface area contributed by atoms with Gasteiger partial charge >= 0.3 is 0 Å². The Balaban J connectivity index is 2.50. The van der Waals surface area contributed by atoms with Gasteiger partial charge in [0.1, 0.15) is 6.23 Å². The molecule has 0 aromatic rings. The largest absolute Gasteiger partial charge is 0.356 e. The summed E-state index contributed by atoms with van der Waals surface area (Å²) in [6.07, 6.45) is 0.928. The van der Waals surface area contributed by atoms with Crippen LogP contribution >= 0.6 is 0 Å². The maximum atomic E-state index is 10.9. The zero-order valence-electron chi connectivity index (χ0n) is 6.46. The van der Waals surface area contributed by atoms with E-state index in [-0.39, 0.29) is 12.1 Å². The van der Waals surface area contributed by atoms with Gasteiger partial charge in [-0.3, -0.25) is 4.79 Å². The molecular formula is C7H13NO2. The van der Waals surface area contributed by atoms with Crippen LogP contribution in [0.15, 0.2) is 0 Å². The van der Waals surface area contributed by atoms with Crippen molar-refractivity contribution in [2.75, 3.05) is 13.2 Å². The second-order valence-corrected chi connectivity index (χ2v) is 2.45. The minimum atomic E-state index is 0.0394. The summed E-state index contributed by atoms with van der Waals surface area (Å²) in [6, 6.07) is 0. The topological polar surface area (TPSA) is 29.5 Å². The van der Waals surface area contributed by atoms with Crippen molar-refractivity contribution >= 4 is 5.91 Å². The molecule has 0 spiro atoms. The molecule has 3 nitrogen and oxygen atoms in total. The molecule has 1 rings (SSSR count). The molecule has 1 heterocycles. The van der Waals surface area contributed by atoms with E-state index in [4.69, 9.17) is 4.74 Å². The first-order valence-electron chi connectivity index (χ1n) is 3.64. The normalized spacial score (nSPS) is 25.4. The van der Waals surface area contributed by atoms with Crippen LogP contribution in [0.25, 0.3) is 0 Å². The lowest BCUT2D eigenvalue weighted by Crippen LogP contribution is -2.33. The average Bonchev–Trinajstić information content (AvgIpc) is 2.33. The smallest absolute Gasteiger partial charge is 0.221 e. The SMILES string of the molecule is CCC1OCCN1C(C)=O. The number of hydrogen-bond acceptors (Lipinski definition) is 2. The number of carbonyl (C=O) groups excluding carboxylic acids is 1. The Labute approximate surface area is 61.0 Å².